The highest BCUT2D eigenvalue weighted by atomic mass is 16.5. The predicted molar refractivity (Wildman–Crippen MR) is 57.2 cm³/mol. The van der Waals surface area contributed by atoms with Gasteiger partial charge in [0.05, 0.1) is 7.11 Å². The molecule has 1 atom stereocenters. The summed E-state index contributed by atoms with van der Waals surface area (Å²) in [6, 6.07) is 3.77. The molecule has 0 aliphatic heterocycles. The summed E-state index contributed by atoms with van der Waals surface area (Å²) in [5.74, 6) is 0.620. The van der Waals surface area contributed by atoms with E-state index >= 15 is 0 Å². The summed E-state index contributed by atoms with van der Waals surface area (Å²) in [5.41, 5.74) is 7.10. The van der Waals surface area contributed by atoms with Crippen molar-refractivity contribution in [1.29, 1.82) is 0 Å². The monoisotopic (exact) mass is 194 g/mol. The Hall–Kier alpha value is -1.09. The van der Waals surface area contributed by atoms with Gasteiger partial charge in [-0.3, -0.25) is 0 Å². The fraction of sp³-hybridized carbons (Fsp3) is 0.545. The number of hydrogen-bond acceptors (Lipinski definition) is 3. The lowest BCUT2D eigenvalue weighted by Gasteiger charge is -2.27. The van der Waals surface area contributed by atoms with Gasteiger partial charge in [0.15, 0.2) is 0 Å². The average Bonchev–Trinajstić information content (AvgIpc) is 2.15. The fourth-order valence-corrected chi connectivity index (χ4v) is 1.28. The zero-order valence-corrected chi connectivity index (χ0v) is 9.24. The highest BCUT2D eigenvalue weighted by Crippen LogP contribution is 2.33. The number of hydrogen-bond donors (Lipinski definition) is 1. The van der Waals surface area contributed by atoms with E-state index in [-0.39, 0.29) is 11.5 Å². The zero-order chi connectivity index (χ0) is 10.8. The Morgan fingerprint density at radius 2 is 2.07 bits per heavy atom. The van der Waals surface area contributed by atoms with Gasteiger partial charge in [-0.1, -0.05) is 26.8 Å². The molecule has 0 spiro atoms. The third-order valence-electron chi connectivity index (χ3n) is 2.26. The minimum absolute atomic E-state index is 0.0102. The molecule has 0 fully saturated rings. The normalized spacial score (nSPS) is 13.8. The Morgan fingerprint density at radius 3 is 2.57 bits per heavy atom. The lowest BCUT2D eigenvalue weighted by molar-refractivity contribution is 0.310. The van der Waals surface area contributed by atoms with E-state index in [2.05, 4.69) is 25.8 Å². The number of ether oxygens (including phenoxy) is 1. The summed E-state index contributed by atoms with van der Waals surface area (Å²) in [4.78, 5) is 4.13. The van der Waals surface area contributed by atoms with Crippen LogP contribution in [0.4, 0.5) is 0 Å². The van der Waals surface area contributed by atoms with Gasteiger partial charge in [-0.2, -0.15) is 0 Å². The summed E-state index contributed by atoms with van der Waals surface area (Å²) < 4.78 is 5.17. The van der Waals surface area contributed by atoms with Crippen molar-refractivity contribution >= 4 is 0 Å². The van der Waals surface area contributed by atoms with Gasteiger partial charge in [0, 0.05) is 17.8 Å². The van der Waals surface area contributed by atoms with Crippen LogP contribution < -0.4 is 10.5 Å². The largest absolute Gasteiger partial charge is 0.481 e. The molecule has 78 valence electrons. The van der Waals surface area contributed by atoms with E-state index in [9.17, 15) is 0 Å². The lowest BCUT2D eigenvalue weighted by Crippen LogP contribution is -2.26. The molecule has 0 aliphatic rings. The molecule has 2 N–H and O–H groups in total. The van der Waals surface area contributed by atoms with E-state index < -0.39 is 0 Å². The van der Waals surface area contributed by atoms with Crippen molar-refractivity contribution in [2.24, 2.45) is 11.1 Å². The Balaban J connectivity index is 3.06. The van der Waals surface area contributed by atoms with Gasteiger partial charge in [0.25, 0.3) is 0 Å². The molecule has 1 rings (SSSR count). The van der Waals surface area contributed by atoms with Crippen molar-refractivity contribution in [3.05, 3.63) is 23.9 Å². The Kier molecular flexibility index (Phi) is 3.11. The molecule has 0 unspecified atom stereocenters. The van der Waals surface area contributed by atoms with Crippen molar-refractivity contribution in [1.82, 2.24) is 4.98 Å². The van der Waals surface area contributed by atoms with E-state index in [4.69, 9.17) is 10.5 Å². The summed E-state index contributed by atoms with van der Waals surface area (Å²) in [6.07, 6.45) is 1.71. The molecule has 14 heavy (non-hydrogen) atoms. The quantitative estimate of drug-likeness (QED) is 0.784. The van der Waals surface area contributed by atoms with Crippen molar-refractivity contribution in [3.8, 4) is 5.88 Å². The van der Waals surface area contributed by atoms with Crippen LogP contribution in [0.5, 0.6) is 5.88 Å². The molecule has 1 aromatic rings. The topological polar surface area (TPSA) is 48.1 Å². The summed E-state index contributed by atoms with van der Waals surface area (Å²) >= 11 is 0. The number of methoxy groups -OCH3 is 1. The minimum Gasteiger partial charge on any atom is -0.481 e. The summed E-state index contributed by atoms with van der Waals surface area (Å²) in [5, 5.41) is 0. The highest BCUT2D eigenvalue weighted by molar-refractivity contribution is 5.29. The van der Waals surface area contributed by atoms with E-state index in [1.54, 1.807) is 13.3 Å². The van der Waals surface area contributed by atoms with Crippen LogP contribution in [0.15, 0.2) is 18.3 Å². The standard InChI is InChI=1S/C11H18N2O/c1-11(2,3)9(12)8-6-5-7-13-10(8)14-4/h5-7,9H,12H2,1-4H3/t9-/m0/s1. The van der Waals surface area contributed by atoms with Crippen molar-refractivity contribution in [2.75, 3.05) is 7.11 Å². The van der Waals surface area contributed by atoms with Crippen molar-refractivity contribution < 1.29 is 4.74 Å². The van der Waals surface area contributed by atoms with Gasteiger partial charge >= 0.3 is 0 Å². The first-order valence-corrected chi connectivity index (χ1v) is 4.71. The van der Waals surface area contributed by atoms with Crippen molar-refractivity contribution in [2.45, 2.75) is 26.8 Å². The van der Waals surface area contributed by atoms with Crippen LogP contribution in [0.25, 0.3) is 0 Å². The maximum absolute atomic E-state index is 6.13. The van der Waals surface area contributed by atoms with Crippen LogP contribution in [0.2, 0.25) is 0 Å². The van der Waals surface area contributed by atoms with Crippen LogP contribution in [-0.4, -0.2) is 12.1 Å². The second-order valence-corrected chi connectivity index (χ2v) is 4.45. The highest BCUT2D eigenvalue weighted by Gasteiger charge is 2.25. The average molecular weight is 194 g/mol. The third kappa shape index (κ3) is 2.23. The molecule has 0 aromatic carbocycles. The number of nitrogens with two attached hydrogens (primary N) is 1. The Labute approximate surface area is 85.3 Å². The second kappa shape index (κ2) is 3.96. The molecule has 0 saturated heterocycles. The number of aromatic nitrogens is 1. The number of rotatable bonds is 2. The second-order valence-electron chi connectivity index (χ2n) is 4.45. The lowest BCUT2D eigenvalue weighted by atomic mass is 9.83. The zero-order valence-electron chi connectivity index (χ0n) is 9.24. The Bertz CT molecular complexity index is 304. The molecule has 0 saturated carbocycles. The van der Waals surface area contributed by atoms with Crippen LogP contribution >= 0.6 is 0 Å². The summed E-state index contributed by atoms with van der Waals surface area (Å²) in [7, 11) is 1.61. The SMILES string of the molecule is COc1ncccc1[C@H](N)C(C)(C)C. The van der Waals surface area contributed by atoms with E-state index in [0.29, 0.717) is 5.88 Å². The fourth-order valence-electron chi connectivity index (χ4n) is 1.28. The molecule has 1 aromatic heterocycles. The molecule has 3 nitrogen and oxygen atoms in total. The number of pyridine rings is 1. The molecule has 0 radical (unpaired) electrons. The first-order valence-electron chi connectivity index (χ1n) is 4.71. The van der Waals surface area contributed by atoms with E-state index in [1.807, 2.05) is 12.1 Å². The van der Waals surface area contributed by atoms with Gasteiger partial charge in [-0.25, -0.2) is 4.98 Å². The number of nitrogens with zero attached hydrogens (tertiary/aromatic N) is 1. The Morgan fingerprint density at radius 1 is 1.43 bits per heavy atom. The first-order chi connectivity index (χ1) is 6.46. The van der Waals surface area contributed by atoms with E-state index in [0.717, 1.165) is 5.56 Å². The maximum atomic E-state index is 6.13. The van der Waals surface area contributed by atoms with Crippen LogP contribution in [0.3, 0.4) is 0 Å². The van der Waals surface area contributed by atoms with Gasteiger partial charge in [0.2, 0.25) is 5.88 Å². The minimum atomic E-state index is -0.0638. The predicted octanol–water partition coefficient (Wildman–Crippen LogP) is 2.14. The van der Waals surface area contributed by atoms with Gasteiger partial charge in [-0.05, 0) is 11.5 Å². The van der Waals surface area contributed by atoms with Gasteiger partial charge in [-0.15, -0.1) is 0 Å². The van der Waals surface area contributed by atoms with E-state index in [1.165, 1.54) is 0 Å². The first kappa shape index (κ1) is 11.0. The molecule has 1 heterocycles. The van der Waals surface area contributed by atoms with Gasteiger partial charge < -0.3 is 10.5 Å². The van der Waals surface area contributed by atoms with Crippen LogP contribution in [0, 0.1) is 5.41 Å². The summed E-state index contributed by atoms with van der Waals surface area (Å²) in [6.45, 7) is 6.30. The molecular weight excluding hydrogens is 176 g/mol. The smallest absolute Gasteiger partial charge is 0.217 e. The third-order valence-corrected chi connectivity index (χ3v) is 2.26. The van der Waals surface area contributed by atoms with Gasteiger partial charge in [0.1, 0.15) is 0 Å². The molecule has 3 heteroatoms. The van der Waals surface area contributed by atoms with Crippen molar-refractivity contribution in [3.63, 3.8) is 0 Å². The maximum Gasteiger partial charge on any atom is 0.217 e. The molecular formula is C11H18N2O. The molecule has 0 bridgehead atoms. The molecule has 0 aliphatic carbocycles. The molecule has 0 amide bonds. The van der Waals surface area contributed by atoms with Crippen LogP contribution in [-0.2, 0) is 0 Å². The van der Waals surface area contributed by atoms with Crippen LogP contribution in [0.1, 0.15) is 32.4 Å².